The van der Waals surface area contributed by atoms with Crippen LogP contribution in [0.2, 0.25) is 0 Å². The first-order valence-electron chi connectivity index (χ1n) is 7.41. The highest BCUT2D eigenvalue weighted by molar-refractivity contribution is 7.99. The van der Waals surface area contributed by atoms with Crippen LogP contribution in [0.25, 0.3) is 10.9 Å². The van der Waals surface area contributed by atoms with Gasteiger partial charge in [-0.15, -0.1) is 0 Å². The van der Waals surface area contributed by atoms with Crippen molar-refractivity contribution in [1.29, 1.82) is 0 Å². The van der Waals surface area contributed by atoms with Crippen LogP contribution in [0.5, 0.6) is 11.5 Å². The zero-order valence-corrected chi connectivity index (χ0v) is 14.3. The monoisotopic (exact) mass is 328 g/mol. The molecule has 1 heterocycles. The molecule has 0 radical (unpaired) electrons. The highest BCUT2D eigenvalue weighted by Crippen LogP contribution is 2.42. The van der Waals surface area contributed by atoms with Gasteiger partial charge >= 0.3 is 0 Å². The molecule has 3 rings (SSSR count). The average molecular weight is 328 g/mol. The van der Waals surface area contributed by atoms with E-state index in [2.05, 4.69) is 34.6 Å². The zero-order valence-electron chi connectivity index (χ0n) is 13.5. The summed E-state index contributed by atoms with van der Waals surface area (Å²) in [5, 5.41) is 4.27. The van der Waals surface area contributed by atoms with E-state index in [0.717, 1.165) is 33.8 Å². The first-order valence-corrected chi connectivity index (χ1v) is 8.22. The third kappa shape index (κ3) is 3.02. The first-order chi connectivity index (χ1) is 11.3. The number of aromatic amines is 1. The molecule has 0 atom stereocenters. The highest BCUT2D eigenvalue weighted by atomic mass is 32.2. The summed E-state index contributed by atoms with van der Waals surface area (Å²) in [6, 6.07) is 12.3. The third-order valence-electron chi connectivity index (χ3n) is 3.72. The summed E-state index contributed by atoms with van der Waals surface area (Å²) in [6.45, 7) is 0.839. The minimum absolute atomic E-state index is 0.816. The fourth-order valence-corrected chi connectivity index (χ4v) is 3.72. The van der Waals surface area contributed by atoms with Crippen LogP contribution in [0.15, 0.2) is 52.4 Å². The van der Waals surface area contributed by atoms with Gasteiger partial charge in [-0.2, -0.15) is 0 Å². The fourth-order valence-electron chi connectivity index (χ4n) is 2.64. The Bertz CT molecular complexity index is 814. The lowest BCUT2D eigenvalue weighted by Gasteiger charge is -2.10. The van der Waals surface area contributed by atoms with Gasteiger partial charge in [0.2, 0.25) is 0 Å². The summed E-state index contributed by atoms with van der Waals surface area (Å²) in [5.41, 5.74) is 2.23. The highest BCUT2D eigenvalue weighted by Gasteiger charge is 2.15. The molecule has 0 spiro atoms. The van der Waals surface area contributed by atoms with Gasteiger partial charge in [0.25, 0.3) is 0 Å². The summed E-state index contributed by atoms with van der Waals surface area (Å²) in [7, 11) is 5.33. The quantitative estimate of drug-likeness (QED) is 0.716. The van der Waals surface area contributed by atoms with Crippen molar-refractivity contribution in [2.45, 2.75) is 16.3 Å². The predicted molar refractivity (Wildman–Crippen MR) is 94.7 cm³/mol. The second-order valence-corrected chi connectivity index (χ2v) is 6.20. The molecular formula is C18H20N2O2S. The lowest BCUT2D eigenvalue weighted by atomic mass is 10.2. The predicted octanol–water partition coefficient (Wildman–Crippen LogP) is 4.06. The Labute approximate surface area is 140 Å². The Hall–Kier alpha value is -2.11. The SMILES string of the molecule is CNCc1ccccc1Sc1c[nH]c2c(OC)ccc(OC)c12. The molecule has 0 saturated heterocycles. The minimum Gasteiger partial charge on any atom is -0.496 e. The Morgan fingerprint density at radius 3 is 2.48 bits per heavy atom. The van der Waals surface area contributed by atoms with Crippen molar-refractivity contribution in [3.05, 3.63) is 48.2 Å². The Kier molecular flexibility index (Phi) is 4.79. The summed E-state index contributed by atoms with van der Waals surface area (Å²) < 4.78 is 11.0. The van der Waals surface area contributed by atoms with E-state index in [4.69, 9.17) is 9.47 Å². The van der Waals surface area contributed by atoms with Gasteiger partial charge in [0, 0.05) is 22.5 Å². The number of fused-ring (bicyclic) bond motifs is 1. The van der Waals surface area contributed by atoms with E-state index in [9.17, 15) is 0 Å². The minimum atomic E-state index is 0.816. The molecule has 2 N–H and O–H groups in total. The molecule has 0 aliphatic heterocycles. The number of rotatable bonds is 6. The Morgan fingerprint density at radius 1 is 1.00 bits per heavy atom. The number of methoxy groups -OCH3 is 2. The molecule has 23 heavy (non-hydrogen) atoms. The summed E-state index contributed by atoms with van der Waals surface area (Å²) >= 11 is 1.73. The van der Waals surface area contributed by atoms with Gasteiger partial charge < -0.3 is 19.8 Å². The smallest absolute Gasteiger partial charge is 0.143 e. The van der Waals surface area contributed by atoms with Gasteiger partial charge in [-0.1, -0.05) is 30.0 Å². The van der Waals surface area contributed by atoms with Crippen LogP contribution in [0.1, 0.15) is 5.56 Å². The molecule has 4 nitrogen and oxygen atoms in total. The average Bonchev–Trinajstić information content (AvgIpc) is 3.00. The largest absolute Gasteiger partial charge is 0.496 e. The van der Waals surface area contributed by atoms with Crippen molar-refractivity contribution >= 4 is 22.7 Å². The van der Waals surface area contributed by atoms with Crippen LogP contribution in [0.4, 0.5) is 0 Å². The number of aromatic nitrogens is 1. The van der Waals surface area contributed by atoms with E-state index in [1.54, 1.807) is 26.0 Å². The molecule has 120 valence electrons. The number of H-pyrrole nitrogens is 1. The maximum Gasteiger partial charge on any atom is 0.143 e. The molecule has 0 bridgehead atoms. The zero-order chi connectivity index (χ0) is 16.2. The first kappa shape index (κ1) is 15.8. The van der Waals surface area contributed by atoms with Crippen LogP contribution in [0, 0.1) is 0 Å². The Balaban J connectivity index is 2.07. The second-order valence-electron chi connectivity index (χ2n) is 5.11. The van der Waals surface area contributed by atoms with Crippen molar-refractivity contribution in [3.8, 4) is 11.5 Å². The van der Waals surface area contributed by atoms with Gasteiger partial charge in [-0.25, -0.2) is 0 Å². The fraction of sp³-hybridized carbons (Fsp3) is 0.222. The normalized spacial score (nSPS) is 10.9. The number of ether oxygens (including phenoxy) is 2. The van der Waals surface area contributed by atoms with Crippen molar-refractivity contribution in [2.24, 2.45) is 0 Å². The summed E-state index contributed by atoms with van der Waals surface area (Å²) in [4.78, 5) is 5.67. The molecular weight excluding hydrogens is 308 g/mol. The van der Waals surface area contributed by atoms with Crippen LogP contribution in [-0.2, 0) is 6.54 Å². The van der Waals surface area contributed by atoms with Crippen molar-refractivity contribution in [2.75, 3.05) is 21.3 Å². The molecule has 5 heteroatoms. The topological polar surface area (TPSA) is 46.3 Å². The van der Waals surface area contributed by atoms with Gasteiger partial charge in [-0.3, -0.25) is 0 Å². The number of nitrogens with one attached hydrogen (secondary N) is 2. The number of hydrogen-bond donors (Lipinski definition) is 2. The van der Waals surface area contributed by atoms with Crippen molar-refractivity contribution in [3.63, 3.8) is 0 Å². The van der Waals surface area contributed by atoms with E-state index in [-0.39, 0.29) is 0 Å². The van der Waals surface area contributed by atoms with E-state index >= 15 is 0 Å². The lowest BCUT2D eigenvalue weighted by Crippen LogP contribution is -2.05. The van der Waals surface area contributed by atoms with E-state index in [0.29, 0.717) is 0 Å². The molecule has 0 unspecified atom stereocenters. The second kappa shape index (κ2) is 6.98. The molecule has 0 aliphatic carbocycles. The summed E-state index contributed by atoms with van der Waals surface area (Å²) in [5.74, 6) is 1.66. The maximum atomic E-state index is 5.54. The molecule has 0 fully saturated rings. The van der Waals surface area contributed by atoms with Crippen molar-refractivity contribution in [1.82, 2.24) is 10.3 Å². The molecule has 2 aromatic carbocycles. The number of hydrogen-bond acceptors (Lipinski definition) is 4. The molecule has 0 amide bonds. The van der Waals surface area contributed by atoms with Gasteiger partial charge in [0.05, 0.1) is 25.1 Å². The van der Waals surface area contributed by atoms with Gasteiger partial charge in [0.15, 0.2) is 0 Å². The van der Waals surface area contributed by atoms with E-state index in [1.807, 2.05) is 25.4 Å². The van der Waals surface area contributed by atoms with E-state index in [1.165, 1.54) is 10.5 Å². The molecule has 3 aromatic rings. The molecule has 1 aromatic heterocycles. The van der Waals surface area contributed by atoms with Crippen LogP contribution >= 0.6 is 11.8 Å². The maximum absolute atomic E-state index is 5.54. The van der Waals surface area contributed by atoms with Crippen LogP contribution < -0.4 is 14.8 Å². The number of benzene rings is 2. The molecule has 0 saturated carbocycles. The molecule has 0 aliphatic rings. The third-order valence-corrected chi connectivity index (χ3v) is 4.88. The van der Waals surface area contributed by atoms with Gasteiger partial charge in [0.1, 0.15) is 11.5 Å². The van der Waals surface area contributed by atoms with Gasteiger partial charge in [-0.05, 0) is 30.8 Å². The summed E-state index contributed by atoms with van der Waals surface area (Å²) in [6.07, 6.45) is 2.01. The standard InChI is InChI=1S/C18H20N2O2S/c1-19-10-12-6-4-5-7-15(12)23-16-11-20-18-14(22-3)9-8-13(21-2)17(16)18/h4-9,11,19-20H,10H2,1-3H3. The van der Waals surface area contributed by atoms with Crippen LogP contribution in [-0.4, -0.2) is 26.3 Å². The lowest BCUT2D eigenvalue weighted by molar-refractivity contribution is 0.410. The van der Waals surface area contributed by atoms with E-state index < -0.39 is 0 Å². The van der Waals surface area contributed by atoms with Crippen molar-refractivity contribution < 1.29 is 9.47 Å². The Morgan fingerprint density at radius 2 is 1.74 bits per heavy atom. The van der Waals surface area contributed by atoms with Crippen LogP contribution in [0.3, 0.4) is 0 Å².